The average Bonchev–Trinajstić information content (AvgIpc) is 3.30. The summed E-state index contributed by atoms with van der Waals surface area (Å²) in [5, 5.41) is 5.85. The minimum atomic E-state index is -4.67. The van der Waals surface area contributed by atoms with Gasteiger partial charge in [-0.2, -0.15) is 8.42 Å². The molecule has 2 amide bonds. The zero-order valence-corrected chi connectivity index (χ0v) is 18.9. The lowest BCUT2D eigenvalue weighted by Crippen LogP contribution is -2.45. The van der Waals surface area contributed by atoms with Crippen LogP contribution in [0.5, 0.6) is 0 Å². The molecule has 1 saturated heterocycles. The molecule has 1 aromatic rings. The van der Waals surface area contributed by atoms with Crippen LogP contribution in [0.25, 0.3) is 0 Å². The fourth-order valence-electron chi connectivity index (χ4n) is 3.72. The van der Waals surface area contributed by atoms with Gasteiger partial charge in [-0.25, -0.2) is 4.39 Å². The summed E-state index contributed by atoms with van der Waals surface area (Å²) in [6.07, 6.45) is 4.13. The van der Waals surface area contributed by atoms with E-state index in [4.69, 9.17) is 17.5 Å². The molecule has 0 unspecified atom stereocenters. The second-order valence-corrected chi connectivity index (χ2v) is 9.11. The molecule has 3 rings (SSSR count). The van der Waals surface area contributed by atoms with E-state index in [0.717, 1.165) is 18.5 Å². The van der Waals surface area contributed by atoms with E-state index in [-0.39, 0.29) is 30.8 Å². The number of halogens is 1. The van der Waals surface area contributed by atoms with Crippen molar-refractivity contribution < 1.29 is 31.5 Å². The number of rotatable bonds is 6. The normalized spacial score (nSPS) is 21.2. The van der Waals surface area contributed by atoms with Gasteiger partial charge in [-0.05, 0) is 30.4 Å². The first-order valence-electron chi connectivity index (χ1n) is 10.4. The van der Waals surface area contributed by atoms with Crippen LogP contribution in [-0.2, 0) is 26.4 Å². The van der Waals surface area contributed by atoms with Crippen molar-refractivity contribution >= 4 is 27.9 Å². The van der Waals surface area contributed by atoms with Crippen LogP contribution in [-0.4, -0.2) is 60.7 Å². The van der Waals surface area contributed by atoms with Crippen molar-refractivity contribution in [1.82, 2.24) is 10.6 Å². The topological polar surface area (TPSA) is 136 Å². The van der Waals surface area contributed by atoms with Crippen molar-refractivity contribution in [2.24, 2.45) is 5.92 Å². The number of hydrogen-bond acceptors (Lipinski definition) is 5. The van der Waals surface area contributed by atoms with Crippen molar-refractivity contribution in [1.29, 1.82) is 0 Å². The number of benzene rings is 1. The maximum absolute atomic E-state index is 13.3. The Labute approximate surface area is 187 Å². The summed E-state index contributed by atoms with van der Waals surface area (Å²) in [7, 11) is -4.67. The van der Waals surface area contributed by atoms with Gasteiger partial charge in [0.05, 0.1) is 6.04 Å². The van der Waals surface area contributed by atoms with Gasteiger partial charge in [-0.15, -0.1) is 0 Å². The van der Waals surface area contributed by atoms with Crippen molar-refractivity contribution in [2.45, 2.75) is 51.4 Å². The van der Waals surface area contributed by atoms with Crippen molar-refractivity contribution in [3.63, 3.8) is 0 Å². The smallest absolute Gasteiger partial charge is 0.349 e. The molecule has 9 nitrogen and oxygen atoms in total. The van der Waals surface area contributed by atoms with Crippen LogP contribution in [0.15, 0.2) is 36.4 Å². The number of anilines is 1. The van der Waals surface area contributed by atoms with Gasteiger partial charge in [-0.1, -0.05) is 38.1 Å². The van der Waals surface area contributed by atoms with E-state index < -0.39 is 22.6 Å². The van der Waals surface area contributed by atoms with Gasteiger partial charge < -0.3 is 15.5 Å². The molecule has 0 spiro atoms. The number of amides is 2. The Hall–Kier alpha value is -2.34. The number of carbonyl (C=O) groups is 2. The Kier molecular flexibility index (Phi) is 9.32. The molecule has 0 saturated carbocycles. The van der Waals surface area contributed by atoms with Crippen molar-refractivity contribution in [3.8, 4) is 0 Å². The molecule has 1 fully saturated rings. The monoisotopic (exact) mass is 471 g/mol. The number of alkyl halides is 1. The third-order valence-electron chi connectivity index (χ3n) is 5.07. The Balaban J connectivity index is 0.000000654. The Morgan fingerprint density at radius 1 is 1.31 bits per heavy atom. The highest BCUT2D eigenvalue weighted by Crippen LogP contribution is 2.27. The summed E-state index contributed by atoms with van der Waals surface area (Å²) in [6, 6.07) is 7.17. The van der Waals surface area contributed by atoms with E-state index in [1.165, 1.54) is 5.56 Å². The number of nitrogens with zero attached hydrogens (tertiary/aromatic N) is 1. The van der Waals surface area contributed by atoms with E-state index in [0.29, 0.717) is 12.5 Å². The third-order valence-corrected chi connectivity index (χ3v) is 5.07. The van der Waals surface area contributed by atoms with Gasteiger partial charge in [0.25, 0.3) is 5.91 Å². The Morgan fingerprint density at radius 3 is 2.56 bits per heavy atom. The van der Waals surface area contributed by atoms with Gasteiger partial charge in [0.2, 0.25) is 5.91 Å². The molecule has 4 N–H and O–H groups in total. The number of fused-ring (bicyclic) bond motifs is 1. The quantitative estimate of drug-likeness (QED) is 0.366. The first kappa shape index (κ1) is 25.9. The van der Waals surface area contributed by atoms with Crippen molar-refractivity contribution in [3.05, 3.63) is 42.0 Å². The van der Waals surface area contributed by atoms with E-state index in [2.05, 4.69) is 24.5 Å². The highest BCUT2D eigenvalue weighted by atomic mass is 32.3. The fraction of sp³-hybridized carbons (Fsp3) is 0.524. The van der Waals surface area contributed by atoms with E-state index >= 15 is 0 Å². The molecular weight excluding hydrogens is 441 g/mol. The van der Waals surface area contributed by atoms with Crippen LogP contribution in [0.3, 0.4) is 0 Å². The fourth-order valence-corrected chi connectivity index (χ4v) is 3.72. The summed E-state index contributed by atoms with van der Waals surface area (Å²) >= 11 is 0. The second kappa shape index (κ2) is 11.5. The van der Waals surface area contributed by atoms with Gasteiger partial charge in [0, 0.05) is 37.3 Å². The average molecular weight is 472 g/mol. The second-order valence-electron chi connectivity index (χ2n) is 8.21. The van der Waals surface area contributed by atoms with Gasteiger partial charge in [0.1, 0.15) is 6.17 Å². The van der Waals surface area contributed by atoms with Crippen molar-refractivity contribution in [2.75, 3.05) is 18.0 Å². The molecule has 2 heterocycles. The number of hydrogen-bond donors (Lipinski definition) is 4. The first-order valence-corrected chi connectivity index (χ1v) is 11.8. The van der Waals surface area contributed by atoms with E-state index in [1.54, 1.807) is 17.1 Å². The van der Waals surface area contributed by atoms with Gasteiger partial charge in [0.15, 0.2) is 0 Å². The SMILES string of the molecule is CC(C)C[C@@H](/C=C/C(=O)N1CCc2ccccc21)NC(=O)[C@@H]1C[C@H](F)CN1.O=S(=O)(O)O. The lowest BCUT2D eigenvalue weighted by atomic mass is 10.0. The summed E-state index contributed by atoms with van der Waals surface area (Å²) in [5.74, 6) is 0.0724. The largest absolute Gasteiger partial charge is 0.394 e. The molecule has 178 valence electrons. The minimum absolute atomic E-state index is 0.0780. The number of carbonyl (C=O) groups excluding carboxylic acids is 2. The summed E-state index contributed by atoms with van der Waals surface area (Å²) in [4.78, 5) is 26.8. The molecule has 2 aliphatic rings. The molecule has 0 bridgehead atoms. The number of nitrogens with one attached hydrogen (secondary N) is 2. The molecule has 11 heteroatoms. The predicted molar refractivity (Wildman–Crippen MR) is 119 cm³/mol. The predicted octanol–water partition coefficient (Wildman–Crippen LogP) is 1.71. The maximum atomic E-state index is 13.3. The van der Waals surface area contributed by atoms with Crippen LogP contribution in [0.2, 0.25) is 0 Å². The first-order chi connectivity index (χ1) is 14.9. The van der Waals surface area contributed by atoms with Crippen LogP contribution in [0, 0.1) is 5.92 Å². The summed E-state index contributed by atoms with van der Waals surface area (Å²) in [6.45, 7) is 5.02. The zero-order chi connectivity index (χ0) is 23.9. The molecule has 0 aliphatic carbocycles. The molecular formula is C21H30FN3O6S. The molecule has 0 aromatic heterocycles. The van der Waals surface area contributed by atoms with Crippen LogP contribution >= 0.6 is 0 Å². The molecule has 3 atom stereocenters. The number of para-hydroxylation sites is 1. The van der Waals surface area contributed by atoms with Gasteiger partial charge >= 0.3 is 10.4 Å². The van der Waals surface area contributed by atoms with Crippen LogP contribution < -0.4 is 15.5 Å². The maximum Gasteiger partial charge on any atom is 0.394 e. The lowest BCUT2D eigenvalue weighted by molar-refractivity contribution is -0.123. The standard InChI is InChI=1S/C21H28FN3O2.H2O4S/c1-14(2)11-17(24-21(27)18-12-16(22)13-23-18)7-8-20(26)25-10-9-15-5-3-4-6-19(15)25;1-5(2,3)4/h3-8,14,16-18,23H,9-13H2,1-2H3,(H,24,27);(H2,1,2,3,4)/b8-7+;/t16-,17+,18-;/m0./s1. The van der Waals surface area contributed by atoms with Gasteiger partial charge in [-0.3, -0.25) is 18.7 Å². The van der Waals surface area contributed by atoms with Crippen LogP contribution in [0.4, 0.5) is 10.1 Å². The summed E-state index contributed by atoms with van der Waals surface area (Å²) < 4.78 is 44.9. The molecule has 2 aliphatic heterocycles. The third kappa shape index (κ3) is 8.65. The van der Waals surface area contributed by atoms with Crippen LogP contribution in [0.1, 0.15) is 32.3 Å². The lowest BCUT2D eigenvalue weighted by Gasteiger charge is -2.20. The molecule has 0 radical (unpaired) electrons. The van der Waals surface area contributed by atoms with E-state index in [1.807, 2.05) is 24.3 Å². The Bertz CT molecular complexity index is 929. The highest BCUT2D eigenvalue weighted by molar-refractivity contribution is 7.79. The molecule has 32 heavy (non-hydrogen) atoms. The Morgan fingerprint density at radius 2 is 1.97 bits per heavy atom. The highest BCUT2D eigenvalue weighted by Gasteiger charge is 2.30. The molecule has 1 aromatic carbocycles. The van der Waals surface area contributed by atoms with E-state index in [9.17, 15) is 14.0 Å². The summed E-state index contributed by atoms with van der Waals surface area (Å²) in [5.41, 5.74) is 2.14. The zero-order valence-electron chi connectivity index (χ0n) is 18.1. The minimum Gasteiger partial charge on any atom is -0.349 e.